The summed E-state index contributed by atoms with van der Waals surface area (Å²) in [6.07, 6.45) is 0.423. The van der Waals surface area contributed by atoms with Crippen LogP contribution in [0.5, 0.6) is 5.75 Å². The highest BCUT2D eigenvalue weighted by Gasteiger charge is 2.34. The smallest absolute Gasteiger partial charge is 0.269 e. The van der Waals surface area contributed by atoms with Crippen molar-refractivity contribution in [3.8, 4) is 5.75 Å². The van der Waals surface area contributed by atoms with Gasteiger partial charge in [0.2, 0.25) is 5.91 Å². The summed E-state index contributed by atoms with van der Waals surface area (Å²) in [5.74, 6) is -0.0489. The predicted octanol–water partition coefficient (Wildman–Crippen LogP) is 3.41. The van der Waals surface area contributed by atoms with Crippen LogP contribution in [-0.2, 0) is 14.3 Å². The zero-order chi connectivity index (χ0) is 25.5. The summed E-state index contributed by atoms with van der Waals surface area (Å²) < 4.78 is 10.4. The highest BCUT2D eigenvalue weighted by Crippen LogP contribution is 2.34. The van der Waals surface area contributed by atoms with Crippen LogP contribution in [0.4, 0.5) is 5.69 Å². The lowest BCUT2D eigenvalue weighted by Gasteiger charge is -2.28. The fraction of sp³-hybridized carbons (Fsp3) is 0.400. The monoisotopic (exact) mass is 482 g/mol. The standard InChI is InChI=1S/C25H30N4O6/c1-17(2)25(31)27(13-14-34-3)16-24(30)28-23(19-7-11-21(35-4)12-8-19)15-22(26-28)18-5-9-20(10-6-18)29(32)33/h5-12,17,23H,13-16H2,1-4H3. The normalized spacial score (nSPS) is 15.2. The molecule has 10 heteroatoms. The van der Waals surface area contributed by atoms with Crippen LogP contribution in [0.15, 0.2) is 53.6 Å². The van der Waals surface area contributed by atoms with Crippen molar-refractivity contribution in [2.24, 2.45) is 11.0 Å². The average Bonchev–Trinajstić information content (AvgIpc) is 3.31. The second-order valence-corrected chi connectivity index (χ2v) is 8.49. The Hall–Kier alpha value is -3.79. The van der Waals surface area contributed by atoms with Crippen LogP contribution in [0.2, 0.25) is 0 Å². The van der Waals surface area contributed by atoms with Gasteiger partial charge in [-0.05, 0) is 35.4 Å². The number of hydrogen-bond acceptors (Lipinski definition) is 7. The van der Waals surface area contributed by atoms with Gasteiger partial charge in [0, 0.05) is 38.1 Å². The number of methoxy groups -OCH3 is 2. The first-order chi connectivity index (χ1) is 16.7. The van der Waals surface area contributed by atoms with Crippen molar-refractivity contribution in [2.75, 3.05) is 33.9 Å². The molecule has 0 fully saturated rings. The first-order valence-electron chi connectivity index (χ1n) is 11.3. The number of nitro benzene ring substituents is 1. The summed E-state index contributed by atoms with van der Waals surface area (Å²) in [5, 5.41) is 17.0. The van der Waals surface area contributed by atoms with Gasteiger partial charge in [-0.2, -0.15) is 5.10 Å². The van der Waals surface area contributed by atoms with E-state index >= 15 is 0 Å². The molecule has 1 aliphatic rings. The lowest BCUT2D eigenvalue weighted by atomic mass is 9.98. The van der Waals surface area contributed by atoms with Gasteiger partial charge in [0.25, 0.3) is 11.6 Å². The van der Waals surface area contributed by atoms with E-state index in [-0.39, 0.29) is 30.0 Å². The molecule has 3 rings (SSSR count). The van der Waals surface area contributed by atoms with Crippen molar-refractivity contribution in [3.63, 3.8) is 0 Å². The summed E-state index contributed by atoms with van der Waals surface area (Å²) in [5.41, 5.74) is 2.16. The molecule has 10 nitrogen and oxygen atoms in total. The van der Waals surface area contributed by atoms with Crippen LogP contribution in [0, 0.1) is 16.0 Å². The quantitative estimate of drug-likeness (QED) is 0.379. The number of benzene rings is 2. The minimum absolute atomic E-state index is 0.0204. The van der Waals surface area contributed by atoms with Crippen molar-refractivity contribution >= 4 is 23.2 Å². The van der Waals surface area contributed by atoms with Gasteiger partial charge in [0.05, 0.1) is 30.4 Å². The summed E-state index contributed by atoms with van der Waals surface area (Å²) in [7, 11) is 3.12. The predicted molar refractivity (Wildman–Crippen MR) is 130 cm³/mol. The second-order valence-electron chi connectivity index (χ2n) is 8.49. The Bertz CT molecular complexity index is 1080. The van der Waals surface area contributed by atoms with E-state index in [1.54, 1.807) is 40.2 Å². The Kier molecular flexibility index (Phi) is 8.53. The third kappa shape index (κ3) is 6.21. The molecule has 0 saturated heterocycles. The van der Waals surface area contributed by atoms with Crippen molar-refractivity contribution in [3.05, 3.63) is 69.8 Å². The fourth-order valence-corrected chi connectivity index (χ4v) is 3.85. The van der Waals surface area contributed by atoms with E-state index in [2.05, 4.69) is 5.10 Å². The van der Waals surface area contributed by atoms with Gasteiger partial charge in [-0.1, -0.05) is 26.0 Å². The van der Waals surface area contributed by atoms with Crippen LogP contribution < -0.4 is 4.74 Å². The molecule has 1 aliphatic heterocycles. The first-order valence-corrected chi connectivity index (χ1v) is 11.3. The molecule has 2 aromatic carbocycles. The van der Waals surface area contributed by atoms with E-state index in [0.717, 1.165) is 5.56 Å². The van der Waals surface area contributed by atoms with Crippen molar-refractivity contribution in [2.45, 2.75) is 26.3 Å². The van der Waals surface area contributed by atoms with Crippen molar-refractivity contribution in [1.29, 1.82) is 0 Å². The molecular weight excluding hydrogens is 452 g/mol. The second kappa shape index (κ2) is 11.6. The fourth-order valence-electron chi connectivity index (χ4n) is 3.85. The maximum Gasteiger partial charge on any atom is 0.269 e. The molecule has 0 spiro atoms. The van der Waals surface area contributed by atoms with E-state index in [0.29, 0.717) is 36.6 Å². The van der Waals surface area contributed by atoms with Gasteiger partial charge in [0.15, 0.2) is 0 Å². The minimum atomic E-state index is -0.462. The van der Waals surface area contributed by atoms with E-state index in [1.807, 2.05) is 24.3 Å². The number of carbonyl (C=O) groups excluding carboxylic acids is 2. The molecular formula is C25H30N4O6. The molecule has 35 heavy (non-hydrogen) atoms. The van der Waals surface area contributed by atoms with Crippen molar-refractivity contribution < 1.29 is 24.0 Å². The Morgan fingerprint density at radius 1 is 1.14 bits per heavy atom. The molecule has 186 valence electrons. The topological polar surface area (TPSA) is 115 Å². The average molecular weight is 483 g/mol. The van der Waals surface area contributed by atoms with Crippen molar-refractivity contribution in [1.82, 2.24) is 9.91 Å². The Morgan fingerprint density at radius 3 is 2.34 bits per heavy atom. The number of hydrogen-bond donors (Lipinski definition) is 0. The summed E-state index contributed by atoms with van der Waals surface area (Å²) in [6, 6.07) is 13.1. The largest absolute Gasteiger partial charge is 0.497 e. The summed E-state index contributed by atoms with van der Waals surface area (Å²) >= 11 is 0. The van der Waals surface area contributed by atoms with Crippen LogP contribution in [0.25, 0.3) is 0 Å². The molecule has 0 aliphatic carbocycles. The Balaban J connectivity index is 1.91. The molecule has 0 aromatic heterocycles. The Morgan fingerprint density at radius 2 is 1.80 bits per heavy atom. The third-order valence-corrected chi connectivity index (χ3v) is 5.77. The molecule has 1 unspecified atom stereocenters. The van der Waals surface area contributed by atoms with Crippen LogP contribution in [0.1, 0.15) is 37.4 Å². The maximum absolute atomic E-state index is 13.4. The molecule has 0 saturated carbocycles. The van der Waals surface area contributed by atoms with Gasteiger partial charge >= 0.3 is 0 Å². The zero-order valence-corrected chi connectivity index (χ0v) is 20.3. The first kappa shape index (κ1) is 25.8. The van der Waals surface area contributed by atoms with Gasteiger partial charge in [-0.15, -0.1) is 0 Å². The third-order valence-electron chi connectivity index (χ3n) is 5.77. The highest BCUT2D eigenvalue weighted by molar-refractivity contribution is 6.03. The van der Waals surface area contributed by atoms with Crippen LogP contribution in [-0.4, -0.2) is 66.3 Å². The SMILES string of the molecule is COCCN(CC(=O)N1N=C(c2ccc([N+](=O)[O-])cc2)CC1c1ccc(OC)cc1)C(=O)C(C)C. The molecule has 0 bridgehead atoms. The van der Waals surface area contributed by atoms with Gasteiger partial charge < -0.3 is 14.4 Å². The van der Waals surface area contributed by atoms with E-state index in [4.69, 9.17) is 9.47 Å². The maximum atomic E-state index is 13.4. The summed E-state index contributed by atoms with van der Waals surface area (Å²) in [6.45, 7) is 4.04. The number of rotatable bonds is 10. The highest BCUT2D eigenvalue weighted by atomic mass is 16.6. The molecule has 2 aromatic rings. The van der Waals surface area contributed by atoms with Gasteiger partial charge in [-0.3, -0.25) is 19.7 Å². The van der Waals surface area contributed by atoms with E-state index in [9.17, 15) is 19.7 Å². The number of non-ortho nitro benzene ring substituents is 1. The number of carbonyl (C=O) groups is 2. The minimum Gasteiger partial charge on any atom is -0.497 e. The summed E-state index contributed by atoms with van der Waals surface area (Å²) in [4.78, 5) is 38.2. The molecule has 0 radical (unpaired) electrons. The van der Waals surface area contributed by atoms with E-state index in [1.165, 1.54) is 22.0 Å². The number of amides is 2. The van der Waals surface area contributed by atoms with Crippen LogP contribution >= 0.6 is 0 Å². The number of hydrazone groups is 1. The Labute approximate surface area is 204 Å². The van der Waals surface area contributed by atoms with Crippen LogP contribution in [0.3, 0.4) is 0 Å². The lowest BCUT2D eigenvalue weighted by Crippen LogP contribution is -2.44. The molecule has 0 N–H and O–H groups in total. The number of nitrogens with zero attached hydrogens (tertiary/aromatic N) is 4. The number of nitro groups is 1. The molecule has 1 atom stereocenters. The zero-order valence-electron chi connectivity index (χ0n) is 20.3. The molecule has 2 amide bonds. The number of ether oxygens (including phenoxy) is 2. The van der Waals surface area contributed by atoms with Gasteiger partial charge in [-0.25, -0.2) is 5.01 Å². The van der Waals surface area contributed by atoms with E-state index < -0.39 is 11.0 Å². The lowest BCUT2D eigenvalue weighted by molar-refractivity contribution is -0.384. The van der Waals surface area contributed by atoms with Gasteiger partial charge in [0.1, 0.15) is 12.3 Å². The molecule has 1 heterocycles.